The molecule has 1 N–H and O–H groups in total. The molecule has 1 aliphatic rings. The molecule has 3 rings (SSSR count). The zero-order valence-electron chi connectivity index (χ0n) is 12.5. The first kappa shape index (κ1) is 14.2. The molecule has 2 heterocycles. The third-order valence-corrected chi connectivity index (χ3v) is 4.21. The van der Waals surface area contributed by atoms with Crippen molar-refractivity contribution in [1.82, 2.24) is 9.88 Å². The minimum atomic E-state index is -0.772. The van der Waals surface area contributed by atoms with Crippen LogP contribution in [-0.4, -0.2) is 28.1 Å². The molecule has 0 radical (unpaired) electrons. The number of hydrogen-bond donors (Lipinski definition) is 1. The number of hydrogen-bond acceptors (Lipinski definition) is 3. The highest BCUT2D eigenvalue weighted by atomic mass is 16.3. The van der Waals surface area contributed by atoms with Crippen LogP contribution in [0.1, 0.15) is 29.5 Å². The van der Waals surface area contributed by atoms with Crippen LogP contribution in [0, 0.1) is 6.92 Å². The number of aryl methyl sites for hydroxylation is 1. The molecule has 0 bridgehead atoms. The Labute approximate surface area is 126 Å². The summed E-state index contributed by atoms with van der Waals surface area (Å²) in [6.07, 6.45) is 5.46. The van der Waals surface area contributed by atoms with Crippen molar-refractivity contribution >= 4 is 0 Å². The van der Waals surface area contributed by atoms with Gasteiger partial charge in [-0.15, -0.1) is 0 Å². The average Bonchev–Trinajstić information content (AvgIpc) is 2.48. The van der Waals surface area contributed by atoms with E-state index in [-0.39, 0.29) is 0 Å². The van der Waals surface area contributed by atoms with Gasteiger partial charge in [0.15, 0.2) is 0 Å². The van der Waals surface area contributed by atoms with Gasteiger partial charge in [-0.3, -0.25) is 9.88 Å². The Kier molecular flexibility index (Phi) is 4.04. The van der Waals surface area contributed by atoms with Gasteiger partial charge >= 0.3 is 0 Å². The Hall–Kier alpha value is -1.71. The van der Waals surface area contributed by atoms with Crippen LogP contribution in [0.3, 0.4) is 0 Å². The van der Waals surface area contributed by atoms with E-state index in [1.807, 2.05) is 19.2 Å². The van der Waals surface area contributed by atoms with Crippen molar-refractivity contribution < 1.29 is 5.11 Å². The highest BCUT2D eigenvalue weighted by molar-refractivity contribution is 5.24. The molecule has 1 unspecified atom stereocenters. The Morgan fingerprint density at radius 1 is 1.24 bits per heavy atom. The van der Waals surface area contributed by atoms with Crippen LogP contribution in [0.2, 0.25) is 0 Å². The summed E-state index contributed by atoms with van der Waals surface area (Å²) in [7, 11) is 0. The van der Waals surface area contributed by atoms with E-state index in [1.165, 1.54) is 5.56 Å². The van der Waals surface area contributed by atoms with Gasteiger partial charge in [-0.05, 0) is 37.4 Å². The fourth-order valence-corrected chi connectivity index (χ4v) is 3.14. The molecular weight excluding hydrogens is 260 g/mol. The van der Waals surface area contributed by atoms with E-state index in [4.69, 9.17) is 0 Å². The monoisotopic (exact) mass is 282 g/mol. The Morgan fingerprint density at radius 3 is 2.81 bits per heavy atom. The summed E-state index contributed by atoms with van der Waals surface area (Å²) < 4.78 is 0. The van der Waals surface area contributed by atoms with Crippen molar-refractivity contribution in [1.29, 1.82) is 0 Å². The minimum Gasteiger partial charge on any atom is -0.384 e. The van der Waals surface area contributed by atoms with Crippen LogP contribution in [0.4, 0.5) is 0 Å². The molecular formula is C18H22N2O. The van der Waals surface area contributed by atoms with Gasteiger partial charge in [-0.2, -0.15) is 0 Å². The van der Waals surface area contributed by atoms with E-state index in [9.17, 15) is 5.11 Å². The van der Waals surface area contributed by atoms with Crippen LogP contribution in [0.25, 0.3) is 0 Å². The van der Waals surface area contributed by atoms with Crippen LogP contribution < -0.4 is 0 Å². The predicted octanol–water partition coefficient (Wildman–Crippen LogP) is 2.87. The molecule has 3 heteroatoms. The van der Waals surface area contributed by atoms with Crippen LogP contribution >= 0.6 is 0 Å². The van der Waals surface area contributed by atoms with Gasteiger partial charge in [0, 0.05) is 31.0 Å². The van der Waals surface area contributed by atoms with E-state index in [1.54, 1.807) is 6.20 Å². The fourth-order valence-electron chi connectivity index (χ4n) is 3.14. The highest BCUT2D eigenvalue weighted by Gasteiger charge is 2.35. The number of rotatable bonds is 3. The second-order valence-electron chi connectivity index (χ2n) is 6.08. The maximum atomic E-state index is 11.0. The van der Waals surface area contributed by atoms with Gasteiger partial charge < -0.3 is 5.11 Å². The van der Waals surface area contributed by atoms with Gasteiger partial charge in [-0.25, -0.2) is 0 Å². The Morgan fingerprint density at radius 2 is 2.05 bits per heavy atom. The third kappa shape index (κ3) is 3.31. The quantitative estimate of drug-likeness (QED) is 0.940. The highest BCUT2D eigenvalue weighted by Crippen LogP contribution is 2.32. The second-order valence-corrected chi connectivity index (χ2v) is 6.08. The topological polar surface area (TPSA) is 36.4 Å². The molecule has 1 atom stereocenters. The SMILES string of the molecule is Cc1cncc(C2(O)CCCN(Cc3ccccc3)C2)c1. The number of benzene rings is 1. The number of pyridine rings is 1. The van der Waals surface area contributed by atoms with Gasteiger partial charge in [0.2, 0.25) is 0 Å². The largest absolute Gasteiger partial charge is 0.384 e. The van der Waals surface area contributed by atoms with Crippen molar-refractivity contribution in [2.24, 2.45) is 0 Å². The number of piperidine rings is 1. The maximum absolute atomic E-state index is 11.0. The molecule has 0 spiro atoms. The van der Waals surface area contributed by atoms with Crippen LogP contribution in [0.15, 0.2) is 48.8 Å². The molecule has 1 saturated heterocycles. The van der Waals surface area contributed by atoms with Gasteiger partial charge in [0.25, 0.3) is 0 Å². The molecule has 0 saturated carbocycles. The minimum absolute atomic E-state index is 0.674. The normalized spacial score (nSPS) is 23.1. The van der Waals surface area contributed by atoms with E-state index < -0.39 is 5.60 Å². The summed E-state index contributed by atoms with van der Waals surface area (Å²) >= 11 is 0. The maximum Gasteiger partial charge on any atom is 0.104 e. The fraction of sp³-hybridized carbons (Fsp3) is 0.389. The average molecular weight is 282 g/mol. The van der Waals surface area contributed by atoms with E-state index in [0.29, 0.717) is 6.54 Å². The van der Waals surface area contributed by atoms with E-state index >= 15 is 0 Å². The van der Waals surface area contributed by atoms with Crippen LogP contribution in [0.5, 0.6) is 0 Å². The number of likely N-dealkylation sites (tertiary alicyclic amines) is 1. The lowest BCUT2D eigenvalue weighted by Crippen LogP contribution is -2.45. The first-order valence-corrected chi connectivity index (χ1v) is 7.56. The molecule has 1 aromatic carbocycles. The smallest absolute Gasteiger partial charge is 0.104 e. The lowest BCUT2D eigenvalue weighted by Gasteiger charge is -2.39. The van der Waals surface area contributed by atoms with Crippen molar-refractivity contribution in [3.63, 3.8) is 0 Å². The third-order valence-electron chi connectivity index (χ3n) is 4.21. The molecule has 1 aliphatic heterocycles. The molecule has 110 valence electrons. The van der Waals surface area contributed by atoms with Crippen molar-refractivity contribution in [3.8, 4) is 0 Å². The Balaban J connectivity index is 1.76. The lowest BCUT2D eigenvalue weighted by molar-refractivity contribution is -0.0384. The molecule has 3 nitrogen and oxygen atoms in total. The molecule has 0 amide bonds. The van der Waals surface area contributed by atoms with Crippen molar-refractivity contribution in [2.45, 2.75) is 31.9 Å². The summed E-state index contributed by atoms with van der Waals surface area (Å²) in [5.74, 6) is 0. The lowest BCUT2D eigenvalue weighted by atomic mass is 9.86. The van der Waals surface area contributed by atoms with E-state index in [2.05, 4.69) is 40.2 Å². The first-order chi connectivity index (χ1) is 10.2. The van der Waals surface area contributed by atoms with Gasteiger partial charge in [0.05, 0.1) is 0 Å². The summed E-state index contributed by atoms with van der Waals surface area (Å²) in [6, 6.07) is 12.5. The van der Waals surface area contributed by atoms with Crippen LogP contribution in [-0.2, 0) is 12.1 Å². The van der Waals surface area contributed by atoms with Crippen molar-refractivity contribution in [2.75, 3.05) is 13.1 Å². The number of β-amino-alcohol motifs (C(OH)–C–C–N with tert-alkyl or cyclic N) is 1. The molecule has 1 aromatic heterocycles. The Bertz CT molecular complexity index is 599. The summed E-state index contributed by atoms with van der Waals surface area (Å²) in [5.41, 5.74) is 2.57. The first-order valence-electron chi connectivity index (χ1n) is 7.56. The van der Waals surface area contributed by atoms with Crippen molar-refractivity contribution in [3.05, 3.63) is 65.5 Å². The van der Waals surface area contributed by atoms with Gasteiger partial charge in [-0.1, -0.05) is 36.4 Å². The number of aromatic nitrogens is 1. The summed E-state index contributed by atoms with van der Waals surface area (Å²) in [5, 5.41) is 11.0. The molecule has 21 heavy (non-hydrogen) atoms. The van der Waals surface area contributed by atoms with E-state index in [0.717, 1.165) is 37.1 Å². The summed E-state index contributed by atoms with van der Waals surface area (Å²) in [6.45, 7) is 4.62. The molecule has 0 aliphatic carbocycles. The standard InChI is InChI=1S/C18H22N2O/c1-15-10-17(12-19-11-15)18(21)8-5-9-20(14-18)13-16-6-3-2-4-7-16/h2-4,6-7,10-12,21H,5,8-9,13-14H2,1H3. The van der Waals surface area contributed by atoms with Gasteiger partial charge in [0.1, 0.15) is 5.60 Å². The predicted molar refractivity (Wildman–Crippen MR) is 83.8 cm³/mol. The zero-order valence-corrected chi connectivity index (χ0v) is 12.5. The molecule has 1 fully saturated rings. The second kappa shape index (κ2) is 5.96. The number of aliphatic hydroxyl groups is 1. The zero-order chi connectivity index (χ0) is 14.7. The number of nitrogens with zero attached hydrogens (tertiary/aromatic N) is 2. The molecule has 2 aromatic rings. The summed E-state index contributed by atoms with van der Waals surface area (Å²) in [4.78, 5) is 6.57.